The lowest BCUT2D eigenvalue weighted by Gasteiger charge is -2.40. The van der Waals surface area contributed by atoms with Crippen LogP contribution in [0.3, 0.4) is 0 Å². The van der Waals surface area contributed by atoms with Crippen molar-refractivity contribution in [1.82, 2.24) is 9.80 Å². The number of hydrogen-bond acceptors (Lipinski definition) is 7. The van der Waals surface area contributed by atoms with Crippen molar-refractivity contribution in [3.63, 3.8) is 0 Å². The zero-order chi connectivity index (χ0) is 35.4. The Balaban J connectivity index is 0.000000275. The summed E-state index contributed by atoms with van der Waals surface area (Å²) in [7, 11) is 0. The van der Waals surface area contributed by atoms with E-state index in [1.54, 1.807) is 4.90 Å². The van der Waals surface area contributed by atoms with Crippen LogP contribution in [0.5, 0.6) is 0 Å². The number of benzene rings is 2. The summed E-state index contributed by atoms with van der Waals surface area (Å²) in [5.74, 6) is 0.242. The number of Topliss-reactive ketones (excluding diaryl/α,β-unsaturated/α-hetero) is 1. The Morgan fingerprint density at radius 2 is 1.28 bits per heavy atom. The summed E-state index contributed by atoms with van der Waals surface area (Å²) in [6.07, 6.45) is 4.06. The molecular formula is C36H54Br2N4O5. The van der Waals surface area contributed by atoms with Crippen molar-refractivity contribution in [2.45, 2.75) is 123 Å². The number of carbonyl (C=O) groups is 3. The first kappa shape index (κ1) is 40.4. The van der Waals surface area contributed by atoms with Gasteiger partial charge in [0.1, 0.15) is 17.0 Å². The molecule has 262 valence electrons. The summed E-state index contributed by atoms with van der Waals surface area (Å²) in [6.45, 7) is 16.6. The van der Waals surface area contributed by atoms with Crippen LogP contribution in [0.1, 0.15) is 93.9 Å². The minimum absolute atomic E-state index is 0.0103. The highest BCUT2D eigenvalue weighted by Crippen LogP contribution is 2.26. The maximum atomic E-state index is 12.4. The van der Waals surface area contributed by atoms with Gasteiger partial charge in [0, 0.05) is 64.4 Å². The first-order valence-electron chi connectivity index (χ1n) is 16.4. The van der Waals surface area contributed by atoms with Gasteiger partial charge in [-0.1, -0.05) is 45.7 Å². The van der Waals surface area contributed by atoms with Gasteiger partial charge in [0.25, 0.3) is 0 Å². The number of ketones is 1. The lowest BCUT2D eigenvalue weighted by molar-refractivity contribution is -0.122. The van der Waals surface area contributed by atoms with Crippen molar-refractivity contribution >= 4 is 61.2 Å². The summed E-state index contributed by atoms with van der Waals surface area (Å²) in [4.78, 5) is 39.1. The SMILES string of the molecule is CCC1CC(=O)CCN1C(=O)OC(C)(C)C.CCC1CC(Nc2ccc(Br)cc2)CCN1C(=O)OC(C)(C)C.Nc1ccc(Br)cc1. The maximum Gasteiger partial charge on any atom is 0.410 e. The molecule has 2 saturated heterocycles. The third-order valence-electron chi connectivity index (χ3n) is 7.53. The van der Waals surface area contributed by atoms with E-state index in [1.807, 2.05) is 89.8 Å². The Hall–Kier alpha value is -2.79. The van der Waals surface area contributed by atoms with Gasteiger partial charge in [-0.05, 0) is 116 Å². The number of nitrogens with one attached hydrogen (secondary N) is 1. The minimum atomic E-state index is -0.475. The maximum absolute atomic E-state index is 12.4. The number of nitrogens with zero attached hydrogens (tertiary/aromatic N) is 2. The Labute approximate surface area is 298 Å². The van der Waals surface area contributed by atoms with Crippen LogP contribution in [0.2, 0.25) is 0 Å². The fraction of sp³-hybridized carbons (Fsp3) is 0.583. The van der Waals surface area contributed by atoms with Crippen LogP contribution in [0.25, 0.3) is 0 Å². The van der Waals surface area contributed by atoms with Gasteiger partial charge in [0.05, 0.1) is 0 Å². The van der Waals surface area contributed by atoms with Crippen LogP contribution in [0, 0.1) is 0 Å². The van der Waals surface area contributed by atoms with Gasteiger partial charge < -0.3 is 30.3 Å². The molecule has 11 heteroatoms. The van der Waals surface area contributed by atoms with E-state index in [0.29, 0.717) is 25.4 Å². The summed E-state index contributed by atoms with van der Waals surface area (Å²) >= 11 is 6.74. The van der Waals surface area contributed by atoms with Crippen LogP contribution in [-0.4, -0.2) is 70.2 Å². The van der Waals surface area contributed by atoms with Gasteiger partial charge >= 0.3 is 12.2 Å². The third-order valence-corrected chi connectivity index (χ3v) is 8.59. The summed E-state index contributed by atoms with van der Waals surface area (Å²) in [5.41, 5.74) is 6.41. The Kier molecular flexibility index (Phi) is 16.0. The predicted octanol–water partition coefficient (Wildman–Crippen LogP) is 9.44. The number of carbonyl (C=O) groups excluding carboxylic acids is 3. The van der Waals surface area contributed by atoms with E-state index in [-0.39, 0.29) is 30.1 Å². The highest BCUT2D eigenvalue weighted by atomic mass is 79.9. The molecule has 2 aliphatic rings. The molecular weight excluding hydrogens is 728 g/mol. The standard InChI is InChI=1S/C18H27BrN2O2.C12H21NO3.C6H6BrN/c1-5-16-12-15(20-14-8-6-13(19)7-9-14)10-11-21(16)17(22)23-18(2,3)4;1-5-9-8-10(14)6-7-13(9)11(15)16-12(2,3)4;7-5-1-3-6(8)4-2-5/h6-9,15-16,20H,5,10-12H2,1-4H3;9H,5-8H2,1-4H3;1-4H,8H2. The molecule has 0 aliphatic carbocycles. The predicted molar refractivity (Wildman–Crippen MR) is 198 cm³/mol. The minimum Gasteiger partial charge on any atom is -0.444 e. The molecule has 0 spiro atoms. The molecule has 2 aliphatic heterocycles. The van der Waals surface area contributed by atoms with E-state index in [1.165, 1.54) is 0 Å². The van der Waals surface area contributed by atoms with Gasteiger partial charge in [-0.3, -0.25) is 4.79 Å². The average Bonchev–Trinajstić information content (AvgIpc) is 2.98. The lowest BCUT2D eigenvalue weighted by atomic mass is 9.95. The molecule has 2 fully saturated rings. The smallest absolute Gasteiger partial charge is 0.410 e. The van der Waals surface area contributed by atoms with Crippen molar-refractivity contribution < 1.29 is 23.9 Å². The van der Waals surface area contributed by atoms with Gasteiger partial charge in [-0.2, -0.15) is 0 Å². The van der Waals surface area contributed by atoms with Crippen molar-refractivity contribution in [2.75, 3.05) is 24.1 Å². The molecule has 0 saturated carbocycles. The first-order valence-corrected chi connectivity index (χ1v) is 18.0. The van der Waals surface area contributed by atoms with E-state index in [0.717, 1.165) is 52.5 Å². The highest BCUT2D eigenvalue weighted by molar-refractivity contribution is 9.10. The molecule has 0 bridgehead atoms. The Morgan fingerprint density at radius 3 is 1.72 bits per heavy atom. The van der Waals surface area contributed by atoms with E-state index in [9.17, 15) is 14.4 Å². The van der Waals surface area contributed by atoms with E-state index < -0.39 is 11.2 Å². The van der Waals surface area contributed by atoms with Gasteiger partial charge in [-0.15, -0.1) is 0 Å². The monoisotopic (exact) mass is 780 g/mol. The fourth-order valence-corrected chi connectivity index (χ4v) is 5.73. The zero-order valence-electron chi connectivity index (χ0n) is 29.3. The van der Waals surface area contributed by atoms with Gasteiger partial charge in [-0.25, -0.2) is 9.59 Å². The second-order valence-electron chi connectivity index (χ2n) is 13.9. The second kappa shape index (κ2) is 18.7. The first-order chi connectivity index (χ1) is 21.9. The van der Waals surface area contributed by atoms with Gasteiger partial charge in [0.2, 0.25) is 0 Å². The molecule has 47 heavy (non-hydrogen) atoms. The number of nitrogen functional groups attached to an aromatic ring is 1. The van der Waals surface area contributed by atoms with E-state index in [4.69, 9.17) is 15.2 Å². The molecule has 2 aromatic rings. The number of piperidine rings is 2. The Morgan fingerprint density at radius 1 is 0.809 bits per heavy atom. The average molecular weight is 783 g/mol. The molecule has 3 N–H and O–H groups in total. The number of ether oxygens (including phenoxy) is 2. The van der Waals surface area contributed by atoms with Gasteiger partial charge in [0.15, 0.2) is 0 Å². The molecule has 3 unspecified atom stereocenters. The number of hydrogen-bond donors (Lipinski definition) is 2. The van der Waals surface area contributed by atoms with Crippen molar-refractivity contribution in [1.29, 1.82) is 0 Å². The van der Waals surface area contributed by atoms with E-state index >= 15 is 0 Å². The number of anilines is 2. The van der Waals surface area contributed by atoms with Crippen LogP contribution < -0.4 is 11.1 Å². The zero-order valence-corrected chi connectivity index (χ0v) is 32.4. The molecule has 0 radical (unpaired) electrons. The summed E-state index contributed by atoms with van der Waals surface area (Å²) < 4.78 is 13.0. The second-order valence-corrected chi connectivity index (χ2v) is 15.7. The van der Waals surface area contributed by atoms with Crippen LogP contribution in [0.15, 0.2) is 57.5 Å². The fourth-order valence-electron chi connectivity index (χ4n) is 5.20. The topological polar surface area (TPSA) is 114 Å². The van der Waals surface area contributed by atoms with Crippen molar-refractivity contribution in [3.8, 4) is 0 Å². The van der Waals surface area contributed by atoms with Crippen LogP contribution in [-0.2, 0) is 14.3 Å². The summed E-state index contributed by atoms with van der Waals surface area (Å²) in [5, 5.41) is 3.58. The molecule has 2 amide bonds. The number of amides is 2. The number of nitrogens with two attached hydrogens (primary N) is 1. The number of rotatable bonds is 4. The lowest BCUT2D eigenvalue weighted by Crippen LogP contribution is -2.50. The number of halogens is 2. The Bertz CT molecular complexity index is 1260. The van der Waals surface area contributed by atoms with Crippen molar-refractivity contribution in [2.24, 2.45) is 0 Å². The molecule has 4 rings (SSSR count). The molecule has 3 atom stereocenters. The van der Waals surface area contributed by atoms with Crippen LogP contribution >= 0.6 is 31.9 Å². The molecule has 9 nitrogen and oxygen atoms in total. The van der Waals surface area contributed by atoms with E-state index in [2.05, 4.69) is 56.2 Å². The molecule has 2 heterocycles. The highest BCUT2D eigenvalue weighted by Gasteiger charge is 2.34. The van der Waals surface area contributed by atoms with Crippen LogP contribution in [0.4, 0.5) is 21.0 Å². The normalized spacial score (nSPS) is 19.8. The molecule has 0 aromatic heterocycles. The quantitative estimate of drug-likeness (QED) is 0.297. The third kappa shape index (κ3) is 15.3. The number of likely N-dealkylation sites (tertiary alicyclic amines) is 2. The largest absolute Gasteiger partial charge is 0.444 e. The molecule has 2 aromatic carbocycles. The summed E-state index contributed by atoms with van der Waals surface area (Å²) in [6, 6.07) is 16.4. The van der Waals surface area contributed by atoms with Crippen molar-refractivity contribution in [3.05, 3.63) is 57.5 Å².